The summed E-state index contributed by atoms with van der Waals surface area (Å²) < 4.78 is 5.41. The molecule has 1 aromatic rings. The van der Waals surface area contributed by atoms with Gasteiger partial charge in [0.15, 0.2) is 0 Å². The molecule has 1 amide bonds. The molecule has 5 heteroatoms. The number of nitrogens with zero attached hydrogens (tertiary/aromatic N) is 1. The molecule has 118 valence electrons. The largest absolute Gasteiger partial charge is 0.481 e. The van der Waals surface area contributed by atoms with Crippen molar-refractivity contribution >= 4 is 12.1 Å². The molecule has 1 aliphatic carbocycles. The molecule has 5 nitrogen and oxygen atoms in total. The summed E-state index contributed by atoms with van der Waals surface area (Å²) >= 11 is 0. The molecule has 1 N–H and O–H groups in total. The first kappa shape index (κ1) is 14.9. The Bertz CT molecular complexity index is 545. The fraction of sp³-hybridized carbons (Fsp3) is 0.529. The molecular weight excluding hydrogens is 282 g/mol. The van der Waals surface area contributed by atoms with Crippen LogP contribution in [0, 0.1) is 11.8 Å². The Balaban J connectivity index is 1.55. The van der Waals surface area contributed by atoms with E-state index in [1.54, 1.807) is 4.90 Å². The number of aliphatic carboxylic acids is 1. The number of fused-ring (bicyclic) bond motifs is 3. The van der Waals surface area contributed by atoms with Crippen LogP contribution in [0.2, 0.25) is 0 Å². The Morgan fingerprint density at radius 3 is 2.64 bits per heavy atom. The van der Waals surface area contributed by atoms with Crippen LogP contribution in [0.15, 0.2) is 30.3 Å². The van der Waals surface area contributed by atoms with Gasteiger partial charge < -0.3 is 14.7 Å². The molecule has 3 atom stereocenters. The van der Waals surface area contributed by atoms with Crippen LogP contribution in [0.4, 0.5) is 4.79 Å². The smallest absolute Gasteiger partial charge is 0.410 e. The van der Waals surface area contributed by atoms with Gasteiger partial charge in [-0.15, -0.1) is 0 Å². The van der Waals surface area contributed by atoms with E-state index in [2.05, 4.69) is 0 Å². The van der Waals surface area contributed by atoms with Crippen molar-refractivity contribution in [1.82, 2.24) is 4.90 Å². The number of carbonyl (C=O) groups excluding carboxylic acids is 1. The van der Waals surface area contributed by atoms with E-state index in [0.717, 1.165) is 24.8 Å². The van der Waals surface area contributed by atoms with Crippen LogP contribution >= 0.6 is 0 Å². The lowest BCUT2D eigenvalue weighted by molar-refractivity contribution is -0.139. The van der Waals surface area contributed by atoms with Crippen molar-refractivity contribution in [1.29, 1.82) is 0 Å². The first-order valence-corrected chi connectivity index (χ1v) is 7.82. The number of benzene rings is 1. The van der Waals surface area contributed by atoms with Crippen molar-refractivity contribution in [2.75, 3.05) is 6.54 Å². The lowest BCUT2D eigenvalue weighted by atomic mass is 9.71. The molecule has 4 rings (SSSR count). The minimum Gasteiger partial charge on any atom is -0.481 e. The molecule has 2 bridgehead atoms. The maximum Gasteiger partial charge on any atom is 0.410 e. The molecule has 3 fully saturated rings. The summed E-state index contributed by atoms with van der Waals surface area (Å²) in [6.45, 7) is 0.919. The summed E-state index contributed by atoms with van der Waals surface area (Å²) in [5.74, 6) is -0.240. The number of piperidine rings is 2. The molecule has 2 saturated heterocycles. The highest BCUT2D eigenvalue weighted by atomic mass is 16.6. The Morgan fingerprint density at radius 1 is 1.23 bits per heavy atom. The predicted molar refractivity (Wildman–Crippen MR) is 80.2 cm³/mol. The van der Waals surface area contributed by atoms with E-state index in [4.69, 9.17) is 9.84 Å². The Morgan fingerprint density at radius 2 is 2.00 bits per heavy atom. The average Bonchev–Trinajstić information content (AvgIpc) is 2.53. The van der Waals surface area contributed by atoms with Crippen molar-refractivity contribution in [2.24, 2.45) is 11.8 Å². The molecule has 0 spiro atoms. The number of amides is 1. The van der Waals surface area contributed by atoms with Crippen molar-refractivity contribution in [3.05, 3.63) is 35.9 Å². The van der Waals surface area contributed by atoms with Gasteiger partial charge in [0.05, 0.1) is 0 Å². The van der Waals surface area contributed by atoms with E-state index in [9.17, 15) is 9.59 Å². The highest BCUT2D eigenvalue weighted by Gasteiger charge is 2.43. The zero-order valence-corrected chi connectivity index (χ0v) is 12.5. The van der Waals surface area contributed by atoms with Gasteiger partial charge in [0.25, 0.3) is 0 Å². The van der Waals surface area contributed by atoms with Crippen LogP contribution in [-0.4, -0.2) is 34.7 Å². The van der Waals surface area contributed by atoms with Gasteiger partial charge in [0.2, 0.25) is 0 Å². The second-order valence-corrected chi connectivity index (χ2v) is 6.28. The quantitative estimate of drug-likeness (QED) is 0.928. The Labute approximate surface area is 129 Å². The summed E-state index contributed by atoms with van der Waals surface area (Å²) in [5.41, 5.74) is 0.974. The van der Waals surface area contributed by atoms with Gasteiger partial charge in [-0.1, -0.05) is 30.3 Å². The second-order valence-electron chi connectivity index (χ2n) is 6.28. The summed E-state index contributed by atoms with van der Waals surface area (Å²) in [4.78, 5) is 25.0. The molecular formula is C17H21NO4. The maximum atomic E-state index is 12.3. The van der Waals surface area contributed by atoms with Crippen LogP contribution in [0.3, 0.4) is 0 Å². The van der Waals surface area contributed by atoms with E-state index in [1.807, 2.05) is 30.3 Å². The molecule has 2 aliphatic heterocycles. The standard InChI is InChI=1S/C17H21NO4/c19-16(20)9-14-8-15-7-6-13(14)10-18(15)17(21)22-11-12-4-2-1-3-5-12/h1-5,13-15H,6-11H2,(H,19,20). The van der Waals surface area contributed by atoms with Crippen molar-refractivity contribution in [2.45, 2.75) is 38.3 Å². The van der Waals surface area contributed by atoms with Crippen molar-refractivity contribution < 1.29 is 19.4 Å². The molecule has 22 heavy (non-hydrogen) atoms. The number of carboxylic acid groups (broad SMARTS) is 1. The fourth-order valence-corrected chi connectivity index (χ4v) is 3.73. The number of rotatable bonds is 4. The van der Waals surface area contributed by atoms with Crippen LogP contribution in [0.25, 0.3) is 0 Å². The number of carboxylic acids is 1. The van der Waals surface area contributed by atoms with Crippen LogP contribution in [-0.2, 0) is 16.1 Å². The van der Waals surface area contributed by atoms with Gasteiger partial charge in [-0.2, -0.15) is 0 Å². The summed E-state index contributed by atoms with van der Waals surface area (Å²) in [6.07, 6.45) is 2.71. The monoisotopic (exact) mass is 303 g/mol. The number of ether oxygens (including phenoxy) is 1. The van der Waals surface area contributed by atoms with E-state index < -0.39 is 5.97 Å². The normalized spacial score (nSPS) is 26.7. The molecule has 2 heterocycles. The van der Waals surface area contributed by atoms with Gasteiger partial charge >= 0.3 is 12.1 Å². The topological polar surface area (TPSA) is 66.8 Å². The van der Waals surface area contributed by atoms with Crippen LogP contribution < -0.4 is 0 Å². The third kappa shape index (κ3) is 3.24. The van der Waals surface area contributed by atoms with Crippen LogP contribution in [0.1, 0.15) is 31.2 Å². The molecule has 3 unspecified atom stereocenters. The minimum atomic E-state index is -0.740. The highest BCUT2D eigenvalue weighted by Crippen LogP contribution is 2.41. The zero-order chi connectivity index (χ0) is 15.5. The van der Waals surface area contributed by atoms with Gasteiger partial charge in [-0.05, 0) is 36.7 Å². The fourth-order valence-electron chi connectivity index (χ4n) is 3.73. The average molecular weight is 303 g/mol. The van der Waals surface area contributed by atoms with Gasteiger partial charge in [-0.25, -0.2) is 4.79 Å². The third-order valence-corrected chi connectivity index (χ3v) is 4.86. The van der Waals surface area contributed by atoms with Gasteiger partial charge in [-0.3, -0.25) is 4.79 Å². The van der Waals surface area contributed by atoms with E-state index in [0.29, 0.717) is 12.5 Å². The van der Waals surface area contributed by atoms with Gasteiger partial charge in [0.1, 0.15) is 6.61 Å². The number of hydrogen-bond acceptors (Lipinski definition) is 3. The molecule has 1 saturated carbocycles. The van der Waals surface area contributed by atoms with Crippen LogP contribution in [0.5, 0.6) is 0 Å². The number of hydrogen-bond donors (Lipinski definition) is 1. The van der Waals surface area contributed by atoms with E-state index in [-0.39, 0.29) is 31.1 Å². The third-order valence-electron chi connectivity index (χ3n) is 4.86. The van der Waals surface area contributed by atoms with Gasteiger partial charge in [0, 0.05) is 19.0 Å². The first-order chi connectivity index (χ1) is 10.6. The molecule has 0 aromatic heterocycles. The van der Waals surface area contributed by atoms with Crippen molar-refractivity contribution in [3.8, 4) is 0 Å². The Kier molecular flexibility index (Phi) is 4.32. The molecule has 3 aliphatic rings. The van der Waals surface area contributed by atoms with E-state index >= 15 is 0 Å². The first-order valence-electron chi connectivity index (χ1n) is 7.82. The zero-order valence-electron chi connectivity index (χ0n) is 12.5. The summed E-state index contributed by atoms with van der Waals surface area (Å²) in [6, 6.07) is 9.76. The second kappa shape index (κ2) is 6.38. The maximum absolute atomic E-state index is 12.3. The molecule has 0 radical (unpaired) electrons. The van der Waals surface area contributed by atoms with E-state index in [1.165, 1.54) is 0 Å². The summed E-state index contributed by atoms with van der Waals surface area (Å²) in [5, 5.41) is 8.97. The highest BCUT2D eigenvalue weighted by molar-refractivity contribution is 5.69. The molecule has 1 aromatic carbocycles. The summed E-state index contributed by atoms with van der Waals surface area (Å²) in [7, 11) is 0. The minimum absolute atomic E-state index is 0.137. The van der Waals surface area contributed by atoms with Crippen molar-refractivity contribution in [3.63, 3.8) is 0 Å². The number of carbonyl (C=O) groups is 2. The lowest BCUT2D eigenvalue weighted by Crippen LogP contribution is -2.54. The predicted octanol–water partition coefficient (Wildman–Crippen LogP) is 2.90. The SMILES string of the molecule is O=C(O)CC1CC2CCC1CN2C(=O)OCc1ccccc1. The Hall–Kier alpha value is -2.04. The lowest BCUT2D eigenvalue weighted by Gasteiger charge is -2.48.